The summed E-state index contributed by atoms with van der Waals surface area (Å²) in [6, 6.07) is 0. The summed E-state index contributed by atoms with van der Waals surface area (Å²) in [6.45, 7) is 1.82. The standard InChI is InChI=1S/C9H9N5O4/c1-2-18-9(17)5-7-13-12-4(6(10)15)8(16)14(7)3-11-5/h3,13H,2H2,1H3,(H2,10,15). The summed E-state index contributed by atoms with van der Waals surface area (Å²) in [4.78, 5) is 37.9. The number of carbonyl (C=O) groups is 2. The van der Waals surface area contributed by atoms with Crippen LogP contribution in [0.2, 0.25) is 0 Å². The Hall–Kier alpha value is -2.71. The first-order valence-electron chi connectivity index (χ1n) is 4.99. The molecule has 0 saturated heterocycles. The third-order valence-electron chi connectivity index (χ3n) is 2.16. The third kappa shape index (κ3) is 1.71. The van der Waals surface area contributed by atoms with Gasteiger partial charge in [-0.2, -0.15) is 5.10 Å². The van der Waals surface area contributed by atoms with Crippen molar-refractivity contribution in [1.29, 1.82) is 0 Å². The third-order valence-corrected chi connectivity index (χ3v) is 2.16. The molecule has 3 N–H and O–H groups in total. The maximum absolute atomic E-state index is 11.8. The number of esters is 1. The Balaban J connectivity index is 2.63. The van der Waals surface area contributed by atoms with Gasteiger partial charge >= 0.3 is 5.97 Å². The number of aromatic nitrogens is 4. The first kappa shape index (κ1) is 11.8. The highest BCUT2D eigenvalue weighted by Crippen LogP contribution is 2.05. The van der Waals surface area contributed by atoms with Crippen molar-refractivity contribution in [3.63, 3.8) is 0 Å². The first-order valence-corrected chi connectivity index (χ1v) is 4.99. The molecule has 0 spiro atoms. The van der Waals surface area contributed by atoms with E-state index in [0.29, 0.717) is 0 Å². The van der Waals surface area contributed by atoms with Gasteiger partial charge in [0, 0.05) is 0 Å². The van der Waals surface area contributed by atoms with Crippen LogP contribution >= 0.6 is 0 Å². The summed E-state index contributed by atoms with van der Waals surface area (Å²) >= 11 is 0. The normalized spacial score (nSPS) is 10.5. The van der Waals surface area contributed by atoms with Gasteiger partial charge in [0.1, 0.15) is 6.33 Å². The van der Waals surface area contributed by atoms with Crippen LogP contribution < -0.4 is 11.3 Å². The Kier molecular flexibility index (Phi) is 2.80. The molecule has 0 bridgehead atoms. The van der Waals surface area contributed by atoms with E-state index < -0.39 is 23.1 Å². The number of nitrogens with one attached hydrogen (secondary N) is 1. The van der Waals surface area contributed by atoms with Gasteiger partial charge in [0.2, 0.25) is 5.69 Å². The lowest BCUT2D eigenvalue weighted by Gasteiger charge is -1.99. The molecule has 0 aliphatic heterocycles. The monoisotopic (exact) mass is 251 g/mol. The molecule has 0 fully saturated rings. The van der Waals surface area contributed by atoms with Gasteiger partial charge < -0.3 is 10.5 Å². The number of primary amides is 1. The highest BCUT2D eigenvalue weighted by Gasteiger charge is 2.19. The molecule has 0 aliphatic rings. The van der Waals surface area contributed by atoms with E-state index in [1.165, 1.54) is 0 Å². The van der Waals surface area contributed by atoms with Crippen LogP contribution in [-0.4, -0.2) is 38.1 Å². The second-order valence-electron chi connectivity index (χ2n) is 3.27. The van der Waals surface area contributed by atoms with Crippen molar-refractivity contribution in [1.82, 2.24) is 19.6 Å². The van der Waals surface area contributed by atoms with Crippen LogP contribution in [0.5, 0.6) is 0 Å². The maximum atomic E-state index is 11.8. The lowest BCUT2D eigenvalue weighted by Crippen LogP contribution is -2.28. The van der Waals surface area contributed by atoms with Crippen LogP contribution in [0.4, 0.5) is 0 Å². The number of rotatable bonds is 3. The van der Waals surface area contributed by atoms with Crippen LogP contribution in [0.25, 0.3) is 5.65 Å². The number of ether oxygens (including phenoxy) is 1. The van der Waals surface area contributed by atoms with E-state index in [9.17, 15) is 14.4 Å². The lowest BCUT2D eigenvalue weighted by molar-refractivity contribution is 0.0522. The van der Waals surface area contributed by atoms with E-state index in [2.05, 4.69) is 15.2 Å². The second kappa shape index (κ2) is 4.28. The zero-order chi connectivity index (χ0) is 13.3. The van der Waals surface area contributed by atoms with Crippen LogP contribution in [0.3, 0.4) is 0 Å². The molecule has 9 heteroatoms. The molecule has 2 heterocycles. The van der Waals surface area contributed by atoms with E-state index in [4.69, 9.17) is 10.5 Å². The van der Waals surface area contributed by atoms with Gasteiger partial charge in [-0.25, -0.2) is 14.2 Å². The fourth-order valence-corrected chi connectivity index (χ4v) is 1.39. The van der Waals surface area contributed by atoms with Crippen molar-refractivity contribution >= 4 is 17.5 Å². The van der Waals surface area contributed by atoms with Crippen LogP contribution in [0.15, 0.2) is 11.1 Å². The molecule has 2 aromatic rings. The molecule has 0 unspecified atom stereocenters. The Morgan fingerprint density at radius 1 is 1.50 bits per heavy atom. The Labute approximate surface area is 99.6 Å². The zero-order valence-corrected chi connectivity index (χ0v) is 9.34. The van der Waals surface area contributed by atoms with Gasteiger partial charge in [-0.15, -0.1) is 0 Å². The van der Waals surface area contributed by atoms with Crippen LogP contribution in [0, 0.1) is 0 Å². The molecule has 0 atom stereocenters. The fraction of sp³-hybridized carbons (Fsp3) is 0.222. The van der Waals surface area contributed by atoms with Crippen molar-refractivity contribution in [2.75, 3.05) is 6.61 Å². The zero-order valence-electron chi connectivity index (χ0n) is 9.34. The van der Waals surface area contributed by atoms with Crippen molar-refractivity contribution < 1.29 is 14.3 Å². The van der Waals surface area contributed by atoms with Crippen LogP contribution in [0.1, 0.15) is 27.9 Å². The molecule has 0 radical (unpaired) electrons. The minimum atomic E-state index is -0.968. The number of fused-ring (bicyclic) bond motifs is 1. The SMILES string of the molecule is CCOC(=O)c1ncn2c(=O)c(C(N)=O)n[nH]c12. The minimum absolute atomic E-state index is 0.0449. The van der Waals surface area contributed by atoms with Crippen molar-refractivity contribution in [3.05, 3.63) is 28.1 Å². The predicted octanol–water partition coefficient (Wildman–Crippen LogP) is -1.31. The van der Waals surface area contributed by atoms with E-state index in [-0.39, 0.29) is 17.9 Å². The number of H-pyrrole nitrogens is 1. The number of nitrogens with two attached hydrogens (primary N) is 1. The van der Waals surface area contributed by atoms with Gasteiger partial charge in [-0.05, 0) is 6.92 Å². The number of imidazole rings is 1. The first-order chi connectivity index (χ1) is 8.56. The highest BCUT2D eigenvalue weighted by molar-refractivity contribution is 5.94. The molecular weight excluding hydrogens is 242 g/mol. The molecular formula is C9H9N5O4. The number of hydrogen-bond acceptors (Lipinski definition) is 6. The number of hydrogen-bond donors (Lipinski definition) is 2. The van der Waals surface area contributed by atoms with Gasteiger partial charge in [-0.3, -0.25) is 14.7 Å². The molecule has 2 aromatic heterocycles. The maximum Gasteiger partial charge on any atom is 0.360 e. The summed E-state index contributed by atoms with van der Waals surface area (Å²) < 4.78 is 5.73. The summed E-state index contributed by atoms with van der Waals surface area (Å²) in [7, 11) is 0. The highest BCUT2D eigenvalue weighted by atomic mass is 16.5. The number of amides is 1. The molecule has 0 saturated carbocycles. The van der Waals surface area contributed by atoms with E-state index in [1.807, 2.05) is 0 Å². The number of nitrogens with zero attached hydrogens (tertiary/aromatic N) is 3. The molecule has 9 nitrogen and oxygen atoms in total. The quantitative estimate of drug-likeness (QED) is 0.651. The number of carbonyl (C=O) groups excluding carboxylic acids is 2. The molecule has 1 amide bonds. The topological polar surface area (TPSA) is 132 Å². The minimum Gasteiger partial charge on any atom is -0.461 e. The van der Waals surface area contributed by atoms with E-state index >= 15 is 0 Å². The molecule has 0 aromatic carbocycles. The lowest BCUT2D eigenvalue weighted by atomic mass is 10.4. The number of aromatic amines is 1. The fourth-order valence-electron chi connectivity index (χ4n) is 1.39. The van der Waals surface area contributed by atoms with Crippen LogP contribution in [-0.2, 0) is 4.74 Å². The molecule has 94 valence electrons. The van der Waals surface area contributed by atoms with Gasteiger partial charge in [0.05, 0.1) is 6.61 Å². The van der Waals surface area contributed by atoms with Gasteiger partial charge in [0.25, 0.3) is 11.5 Å². The Morgan fingerprint density at radius 2 is 2.22 bits per heavy atom. The smallest absolute Gasteiger partial charge is 0.360 e. The van der Waals surface area contributed by atoms with E-state index in [0.717, 1.165) is 10.7 Å². The molecule has 2 rings (SSSR count). The van der Waals surface area contributed by atoms with Crippen molar-refractivity contribution in [2.45, 2.75) is 6.92 Å². The average molecular weight is 251 g/mol. The average Bonchev–Trinajstić information content (AvgIpc) is 2.74. The Morgan fingerprint density at radius 3 is 2.83 bits per heavy atom. The summed E-state index contributed by atoms with van der Waals surface area (Å²) in [5, 5.41) is 5.88. The summed E-state index contributed by atoms with van der Waals surface area (Å²) in [5.74, 6) is -1.66. The van der Waals surface area contributed by atoms with E-state index in [1.54, 1.807) is 6.92 Å². The predicted molar refractivity (Wildman–Crippen MR) is 58.1 cm³/mol. The molecule has 18 heavy (non-hydrogen) atoms. The summed E-state index contributed by atoms with van der Waals surface area (Å²) in [6.07, 6.45) is 1.09. The van der Waals surface area contributed by atoms with Crippen molar-refractivity contribution in [3.8, 4) is 0 Å². The Bertz CT molecular complexity index is 686. The summed E-state index contributed by atoms with van der Waals surface area (Å²) in [5.41, 5.74) is 3.72. The van der Waals surface area contributed by atoms with Gasteiger partial charge in [-0.1, -0.05) is 0 Å². The van der Waals surface area contributed by atoms with Gasteiger partial charge in [0.15, 0.2) is 11.3 Å². The van der Waals surface area contributed by atoms with Crippen molar-refractivity contribution in [2.24, 2.45) is 5.73 Å². The molecule has 0 aliphatic carbocycles. The second-order valence-corrected chi connectivity index (χ2v) is 3.27. The largest absolute Gasteiger partial charge is 0.461 e.